The summed E-state index contributed by atoms with van der Waals surface area (Å²) in [4.78, 5) is 4.31. The van der Waals surface area contributed by atoms with Gasteiger partial charge >= 0.3 is 0 Å². The van der Waals surface area contributed by atoms with Gasteiger partial charge in [-0.05, 0) is 31.2 Å². The van der Waals surface area contributed by atoms with Crippen LogP contribution in [0.5, 0.6) is 0 Å². The van der Waals surface area contributed by atoms with Crippen molar-refractivity contribution in [1.29, 1.82) is 5.26 Å². The van der Waals surface area contributed by atoms with E-state index in [1.807, 2.05) is 55.5 Å². The van der Waals surface area contributed by atoms with Crippen LogP contribution >= 0.6 is 0 Å². The summed E-state index contributed by atoms with van der Waals surface area (Å²) in [6.45, 7) is 2.03. The molecule has 0 aliphatic heterocycles. The summed E-state index contributed by atoms with van der Waals surface area (Å²) in [6, 6.07) is 17.4. The van der Waals surface area contributed by atoms with Gasteiger partial charge in [0.1, 0.15) is 17.2 Å². The van der Waals surface area contributed by atoms with Crippen molar-refractivity contribution in [2.24, 2.45) is 0 Å². The standard InChI is InChI=1S/C17H13N3O/c1-12-6-8-14(9-7-12)19-11-13(10-18)17-20-15-4-2-3-5-16(15)21-17/h2-9,11,19H,1H3. The van der Waals surface area contributed by atoms with Gasteiger partial charge in [-0.1, -0.05) is 29.8 Å². The quantitative estimate of drug-likeness (QED) is 0.730. The van der Waals surface area contributed by atoms with Crippen LogP contribution in [0, 0.1) is 18.3 Å². The lowest BCUT2D eigenvalue weighted by Crippen LogP contribution is -1.91. The molecule has 0 saturated carbocycles. The van der Waals surface area contributed by atoms with Crippen LogP contribution in [0.2, 0.25) is 0 Å². The fraction of sp³-hybridized carbons (Fsp3) is 0.0588. The van der Waals surface area contributed by atoms with Gasteiger partial charge in [0.2, 0.25) is 5.89 Å². The number of aromatic nitrogens is 1. The number of hydrogen-bond donors (Lipinski definition) is 1. The third-order valence-corrected chi connectivity index (χ3v) is 3.08. The molecule has 102 valence electrons. The number of allylic oxidation sites excluding steroid dienone is 1. The highest BCUT2D eigenvalue weighted by atomic mass is 16.3. The summed E-state index contributed by atoms with van der Waals surface area (Å²) < 4.78 is 5.59. The highest BCUT2D eigenvalue weighted by molar-refractivity contribution is 5.80. The summed E-state index contributed by atoms with van der Waals surface area (Å²) in [5.74, 6) is 0.318. The largest absolute Gasteiger partial charge is 0.435 e. The number of nitriles is 1. The SMILES string of the molecule is Cc1ccc(NC=C(C#N)c2nc3ccccc3o2)cc1. The number of rotatable bonds is 3. The molecule has 3 rings (SSSR count). The van der Waals surface area contributed by atoms with Crippen LogP contribution in [0.1, 0.15) is 11.5 Å². The maximum Gasteiger partial charge on any atom is 0.239 e. The van der Waals surface area contributed by atoms with Crippen LogP contribution < -0.4 is 5.32 Å². The monoisotopic (exact) mass is 275 g/mol. The first-order valence-corrected chi connectivity index (χ1v) is 6.56. The topological polar surface area (TPSA) is 61.9 Å². The molecule has 0 aliphatic rings. The van der Waals surface area contributed by atoms with Gasteiger partial charge < -0.3 is 9.73 Å². The van der Waals surface area contributed by atoms with E-state index < -0.39 is 0 Å². The fourth-order valence-electron chi connectivity index (χ4n) is 1.93. The van der Waals surface area contributed by atoms with Crippen molar-refractivity contribution in [2.75, 3.05) is 5.32 Å². The number of nitrogens with zero attached hydrogens (tertiary/aromatic N) is 2. The van der Waals surface area contributed by atoms with Crippen molar-refractivity contribution < 1.29 is 4.42 Å². The predicted octanol–water partition coefficient (Wildman–Crippen LogP) is 4.11. The molecule has 21 heavy (non-hydrogen) atoms. The van der Waals surface area contributed by atoms with Crippen LogP contribution in [-0.4, -0.2) is 4.98 Å². The minimum Gasteiger partial charge on any atom is -0.435 e. The van der Waals surface area contributed by atoms with E-state index in [1.54, 1.807) is 6.20 Å². The van der Waals surface area contributed by atoms with Gasteiger partial charge in [-0.15, -0.1) is 0 Å². The lowest BCUT2D eigenvalue weighted by molar-refractivity contribution is 0.586. The molecule has 0 saturated heterocycles. The van der Waals surface area contributed by atoms with Gasteiger partial charge in [-0.2, -0.15) is 5.26 Å². The number of oxazole rings is 1. The zero-order valence-electron chi connectivity index (χ0n) is 11.5. The smallest absolute Gasteiger partial charge is 0.239 e. The second kappa shape index (κ2) is 5.51. The van der Waals surface area contributed by atoms with Crippen LogP contribution in [0.3, 0.4) is 0 Å². The molecule has 0 atom stereocenters. The molecule has 0 fully saturated rings. The molecule has 4 heteroatoms. The van der Waals surface area contributed by atoms with E-state index in [1.165, 1.54) is 5.56 Å². The number of anilines is 1. The summed E-state index contributed by atoms with van der Waals surface area (Å²) in [6.07, 6.45) is 1.61. The van der Waals surface area contributed by atoms with Crippen LogP contribution in [0.15, 0.2) is 59.1 Å². The van der Waals surface area contributed by atoms with E-state index in [0.717, 1.165) is 11.2 Å². The Labute approximate surface area is 122 Å². The number of nitrogens with one attached hydrogen (secondary N) is 1. The first kappa shape index (κ1) is 12.9. The van der Waals surface area contributed by atoms with Gasteiger partial charge in [0.15, 0.2) is 5.58 Å². The average molecular weight is 275 g/mol. The second-order valence-corrected chi connectivity index (χ2v) is 4.67. The fourth-order valence-corrected chi connectivity index (χ4v) is 1.93. The van der Waals surface area contributed by atoms with Gasteiger partial charge in [0, 0.05) is 11.9 Å². The highest BCUT2D eigenvalue weighted by Gasteiger charge is 2.09. The normalized spacial score (nSPS) is 11.3. The maximum atomic E-state index is 9.27. The third kappa shape index (κ3) is 2.77. The van der Waals surface area contributed by atoms with E-state index in [0.29, 0.717) is 17.0 Å². The molecule has 0 spiro atoms. The zero-order valence-corrected chi connectivity index (χ0v) is 11.5. The van der Waals surface area contributed by atoms with Gasteiger partial charge in [-0.3, -0.25) is 0 Å². The van der Waals surface area contributed by atoms with Crippen LogP contribution in [0.4, 0.5) is 5.69 Å². The highest BCUT2D eigenvalue weighted by Crippen LogP contribution is 2.20. The molecule has 1 aromatic heterocycles. The molecule has 1 N–H and O–H groups in total. The molecule has 0 radical (unpaired) electrons. The van der Waals surface area contributed by atoms with E-state index in [9.17, 15) is 5.26 Å². The van der Waals surface area contributed by atoms with E-state index >= 15 is 0 Å². The number of hydrogen-bond acceptors (Lipinski definition) is 4. The van der Waals surface area contributed by atoms with Crippen molar-refractivity contribution in [3.05, 3.63) is 66.2 Å². The number of aryl methyl sites for hydroxylation is 1. The molecular formula is C17H13N3O. The lowest BCUT2D eigenvalue weighted by atomic mass is 10.2. The van der Waals surface area contributed by atoms with Gasteiger partial charge in [-0.25, -0.2) is 4.98 Å². The van der Waals surface area contributed by atoms with Crippen molar-refractivity contribution >= 4 is 22.4 Å². The van der Waals surface area contributed by atoms with Crippen molar-refractivity contribution in [3.63, 3.8) is 0 Å². The lowest BCUT2D eigenvalue weighted by Gasteiger charge is -2.01. The van der Waals surface area contributed by atoms with Crippen LogP contribution in [-0.2, 0) is 0 Å². The Hall–Kier alpha value is -3.06. The van der Waals surface area contributed by atoms with E-state index in [4.69, 9.17) is 4.42 Å². The summed E-state index contributed by atoms with van der Waals surface area (Å²) in [5, 5.41) is 12.3. The van der Waals surface area contributed by atoms with Crippen molar-refractivity contribution in [2.45, 2.75) is 6.92 Å². The Balaban J connectivity index is 1.89. The van der Waals surface area contributed by atoms with Crippen LogP contribution in [0.25, 0.3) is 16.7 Å². The Morgan fingerprint density at radius 3 is 2.67 bits per heavy atom. The Kier molecular flexibility index (Phi) is 3.40. The Morgan fingerprint density at radius 2 is 1.95 bits per heavy atom. The van der Waals surface area contributed by atoms with Gasteiger partial charge in [0.25, 0.3) is 0 Å². The number of benzene rings is 2. The molecule has 3 aromatic rings. The molecule has 4 nitrogen and oxygen atoms in total. The van der Waals surface area contributed by atoms with Crippen molar-refractivity contribution in [3.8, 4) is 6.07 Å². The minimum absolute atomic E-state index is 0.318. The molecule has 0 bridgehead atoms. The van der Waals surface area contributed by atoms with Gasteiger partial charge in [0.05, 0.1) is 0 Å². The Bertz CT molecular complexity index is 805. The average Bonchev–Trinajstić information content (AvgIpc) is 2.93. The van der Waals surface area contributed by atoms with Crippen molar-refractivity contribution in [1.82, 2.24) is 4.98 Å². The third-order valence-electron chi connectivity index (χ3n) is 3.08. The zero-order chi connectivity index (χ0) is 14.7. The summed E-state index contributed by atoms with van der Waals surface area (Å²) in [5.41, 5.74) is 3.85. The molecule has 0 aliphatic carbocycles. The molecule has 2 aromatic carbocycles. The molecular weight excluding hydrogens is 262 g/mol. The molecule has 0 unspecified atom stereocenters. The first-order valence-electron chi connectivity index (χ1n) is 6.56. The first-order chi connectivity index (χ1) is 10.3. The summed E-state index contributed by atoms with van der Waals surface area (Å²) >= 11 is 0. The predicted molar refractivity (Wildman–Crippen MR) is 82.4 cm³/mol. The Morgan fingerprint density at radius 1 is 1.19 bits per heavy atom. The number of fused-ring (bicyclic) bond motifs is 1. The maximum absolute atomic E-state index is 9.27. The summed E-state index contributed by atoms with van der Waals surface area (Å²) in [7, 11) is 0. The molecule has 0 amide bonds. The molecule has 1 heterocycles. The minimum atomic E-state index is 0.318. The van der Waals surface area contributed by atoms with E-state index in [2.05, 4.69) is 16.4 Å². The second-order valence-electron chi connectivity index (χ2n) is 4.67. The number of para-hydroxylation sites is 2. The van der Waals surface area contributed by atoms with E-state index in [-0.39, 0.29) is 0 Å².